The van der Waals surface area contributed by atoms with Gasteiger partial charge < -0.3 is 19.8 Å². The summed E-state index contributed by atoms with van der Waals surface area (Å²) in [7, 11) is 3.05. The summed E-state index contributed by atoms with van der Waals surface area (Å²) in [4.78, 5) is 39.5. The van der Waals surface area contributed by atoms with Gasteiger partial charge in [0.25, 0.3) is 5.56 Å². The highest BCUT2D eigenvalue weighted by atomic mass is 16.5. The van der Waals surface area contributed by atoms with E-state index in [4.69, 9.17) is 9.47 Å². The standard InChI is InChI=1S/C20H21N3O5/c1-12(24)21-10-14-5-4-6-15-18(14)19(25)23(20(26)22-15)11-13-7-8-16(27-2)17(9-13)28-3/h4-9H,10-11H2,1-3H3,(H,21,24)(H,22,26). The molecule has 0 radical (unpaired) electrons. The molecule has 0 saturated carbocycles. The molecular formula is C20H21N3O5. The molecule has 146 valence electrons. The van der Waals surface area contributed by atoms with Crippen molar-refractivity contribution in [2.45, 2.75) is 20.0 Å². The number of hydrogen-bond acceptors (Lipinski definition) is 5. The van der Waals surface area contributed by atoms with Gasteiger partial charge in [-0.3, -0.25) is 14.2 Å². The van der Waals surface area contributed by atoms with E-state index in [1.165, 1.54) is 21.1 Å². The molecule has 0 aliphatic heterocycles. The Morgan fingerprint density at radius 3 is 2.54 bits per heavy atom. The second-order valence-electron chi connectivity index (χ2n) is 6.26. The maximum atomic E-state index is 13.1. The van der Waals surface area contributed by atoms with Crippen molar-refractivity contribution in [1.29, 1.82) is 0 Å². The number of carbonyl (C=O) groups excluding carboxylic acids is 1. The smallest absolute Gasteiger partial charge is 0.329 e. The van der Waals surface area contributed by atoms with E-state index in [0.29, 0.717) is 33.5 Å². The molecule has 8 nitrogen and oxygen atoms in total. The Kier molecular flexibility index (Phi) is 5.49. The highest BCUT2D eigenvalue weighted by molar-refractivity contribution is 5.82. The lowest BCUT2D eigenvalue weighted by Gasteiger charge is -2.12. The zero-order valence-electron chi connectivity index (χ0n) is 15.9. The predicted octanol–water partition coefficient (Wildman–Crippen LogP) is 1.39. The van der Waals surface area contributed by atoms with Gasteiger partial charge in [0.05, 0.1) is 31.7 Å². The van der Waals surface area contributed by atoms with Gasteiger partial charge in [0.2, 0.25) is 5.91 Å². The maximum Gasteiger partial charge on any atom is 0.329 e. The second-order valence-corrected chi connectivity index (χ2v) is 6.26. The van der Waals surface area contributed by atoms with Gasteiger partial charge in [-0.05, 0) is 29.3 Å². The third-order valence-corrected chi connectivity index (χ3v) is 4.41. The number of ether oxygens (including phenoxy) is 2. The number of aromatic nitrogens is 2. The first kappa shape index (κ1) is 19.2. The number of aromatic amines is 1. The largest absolute Gasteiger partial charge is 0.493 e. The number of rotatable bonds is 6. The molecule has 1 amide bonds. The Balaban J connectivity index is 2.09. The molecule has 28 heavy (non-hydrogen) atoms. The first-order chi connectivity index (χ1) is 13.4. The Morgan fingerprint density at radius 2 is 1.86 bits per heavy atom. The number of carbonyl (C=O) groups is 1. The van der Waals surface area contributed by atoms with Crippen LogP contribution in [0.1, 0.15) is 18.1 Å². The molecule has 0 unspecified atom stereocenters. The lowest BCUT2D eigenvalue weighted by molar-refractivity contribution is -0.119. The summed E-state index contributed by atoms with van der Waals surface area (Å²) in [6, 6.07) is 10.3. The molecule has 0 bridgehead atoms. The fourth-order valence-corrected chi connectivity index (χ4v) is 3.04. The highest BCUT2D eigenvalue weighted by Gasteiger charge is 2.13. The van der Waals surface area contributed by atoms with Gasteiger partial charge >= 0.3 is 5.69 Å². The fraction of sp³-hybridized carbons (Fsp3) is 0.250. The zero-order valence-corrected chi connectivity index (χ0v) is 15.9. The Morgan fingerprint density at radius 1 is 1.11 bits per heavy atom. The fourth-order valence-electron chi connectivity index (χ4n) is 3.04. The average molecular weight is 383 g/mol. The summed E-state index contributed by atoms with van der Waals surface area (Å²) in [5.41, 5.74) is 0.846. The molecular weight excluding hydrogens is 362 g/mol. The number of H-pyrrole nitrogens is 1. The monoisotopic (exact) mass is 383 g/mol. The zero-order chi connectivity index (χ0) is 20.3. The van der Waals surface area contributed by atoms with E-state index < -0.39 is 11.2 Å². The predicted molar refractivity (Wildman–Crippen MR) is 105 cm³/mol. The molecule has 1 aromatic heterocycles. The SMILES string of the molecule is COc1ccc(Cn2c(=O)[nH]c3cccc(CNC(C)=O)c3c2=O)cc1OC. The van der Waals surface area contributed by atoms with Crippen LogP contribution in [0.15, 0.2) is 46.0 Å². The number of benzene rings is 2. The molecule has 0 fully saturated rings. The van der Waals surface area contributed by atoms with Crippen LogP contribution in [0.25, 0.3) is 10.9 Å². The first-order valence-electron chi connectivity index (χ1n) is 8.64. The first-order valence-corrected chi connectivity index (χ1v) is 8.64. The van der Waals surface area contributed by atoms with Gasteiger partial charge in [-0.1, -0.05) is 18.2 Å². The molecule has 3 aromatic rings. The van der Waals surface area contributed by atoms with Crippen molar-refractivity contribution in [2.75, 3.05) is 14.2 Å². The molecule has 2 aromatic carbocycles. The van der Waals surface area contributed by atoms with E-state index in [9.17, 15) is 14.4 Å². The van der Waals surface area contributed by atoms with Gasteiger partial charge in [-0.15, -0.1) is 0 Å². The molecule has 2 N–H and O–H groups in total. The molecule has 0 atom stereocenters. The number of hydrogen-bond donors (Lipinski definition) is 2. The quantitative estimate of drug-likeness (QED) is 0.670. The Labute approximate surface area is 160 Å². The van der Waals surface area contributed by atoms with E-state index >= 15 is 0 Å². The summed E-state index contributed by atoms with van der Waals surface area (Å²) >= 11 is 0. The molecule has 1 heterocycles. The van der Waals surface area contributed by atoms with Gasteiger partial charge in [0, 0.05) is 13.5 Å². The van der Waals surface area contributed by atoms with E-state index in [1.54, 1.807) is 36.4 Å². The van der Waals surface area contributed by atoms with E-state index in [2.05, 4.69) is 10.3 Å². The van der Waals surface area contributed by atoms with Gasteiger partial charge in [-0.25, -0.2) is 4.79 Å². The van der Waals surface area contributed by atoms with Gasteiger partial charge in [0.15, 0.2) is 11.5 Å². The maximum absolute atomic E-state index is 13.1. The third-order valence-electron chi connectivity index (χ3n) is 4.41. The Hall–Kier alpha value is -3.55. The van der Waals surface area contributed by atoms with Crippen molar-refractivity contribution in [3.05, 3.63) is 68.4 Å². The normalized spacial score (nSPS) is 10.7. The van der Waals surface area contributed by atoms with Gasteiger partial charge in [0.1, 0.15) is 0 Å². The molecule has 0 aliphatic carbocycles. The summed E-state index contributed by atoms with van der Waals surface area (Å²) < 4.78 is 11.6. The summed E-state index contributed by atoms with van der Waals surface area (Å²) in [5, 5.41) is 3.05. The topological polar surface area (TPSA) is 102 Å². The number of nitrogens with one attached hydrogen (secondary N) is 2. The summed E-state index contributed by atoms with van der Waals surface area (Å²) in [6.45, 7) is 1.67. The lowest BCUT2D eigenvalue weighted by Crippen LogP contribution is -2.36. The van der Waals surface area contributed by atoms with Gasteiger partial charge in [-0.2, -0.15) is 0 Å². The molecule has 8 heteroatoms. The summed E-state index contributed by atoms with van der Waals surface area (Å²) in [6.07, 6.45) is 0. The molecule has 0 aliphatic rings. The second kappa shape index (κ2) is 7.99. The highest BCUT2D eigenvalue weighted by Crippen LogP contribution is 2.27. The van der Waals surface area contributed by atoms with Crippen molar-refractivity contribution in [3.8, 4) is 11.5 Å². The van der Waals surface area contributed by atoms with Crippen LogP contribution in [0.5, 0.6) is 11.5 Å². The van der Waals surface area contributed by atoms with Crippen LogP contribution in [0.2, 0.25) is 0 Å². The number of fused-ring (bicyclic) bond motifs is 1. The van der Waals surface area contributed by atoms with Crippen molar-refractivity contribution in [3.63, 3.8) is 0 Å². The summed E-state index contributed by atoms with van der Waals surface area (Å²) in [5.74, 6) is 0.868. The minimum atomic E-state index is -0.510. The average Bonchev–Trinajstić information content (AvgIpc) is 2.68. The van der Waals surface area contributed by atoms with Crippen LogP contribution in [0, 0.1) is 0 Å². The van der Waals surface area contributed by atoms with Crippen LogP contribution in [-0.2, 0) is 17.9 Å². The van der Waals surface area contributed by atoms with Crippen molar-refractivity contribution in [1.82, 2.24) is 14.9 Å². The van der Waals surface area contributed by atoms with Crippen molar-refractivity contribution >= 4 is 16.8 Å². The van der Waals surface area contributed by atoms with Crippen LogP contribution in [0.3, 0.4) is 0 Å². The van der Waals surface area contributed by atoms with Crippen molar-refractivity contribution < 1.29 is 14.3 Å². The van der Waals surface area contributed by atoms with Crippen LogP contribution >= 0.6 is 0 Å². The van der Waals surface area contributed by atoms with Crippen LogP contribution < -0.4 is 26.0 Å². The van der Waals surface area contributed by atoms with E-state index in [1.807, 2.05) is 0 Å². The number of methoxy groups -OCH3 is 2. The minimum Gasteiger partial charge on any atom is -0.493 e. The third kappa shape index (κ3) is 3.75. The van der Waals surface area contributed by atoms with Crippen LogP contribution in [-0.4, -0.2) is 29.7 Å². The molecule has 3 rings (SSSR count). The molecule has 0 saturated heterocycles. The lowest BCUT2D eigenvalue weighted by atomic mass is 10.1. The van der Waals surface area contributed by atoms with E-state index in [-0.39, 0.29) is 19.0 Å². The van der Waals surface area contributed by atoms with Crippen LogP contribution in [0.4, 0.5) is 0 Å². The number of nitrogens with zero attached hydrogens (tertiary/aromatic N) is 1. The molecule has 0 spiro atoms. The van der Waals surface area contributed by atoms with Crippen molar-refractivity contribution in [2.24, 2.45) is 0 Å². The minimum absolute atomic E-state index is 0.0684. The van der Waals surface area contributed by atoms with E-state index in [0.717, 1.165) is 4.57 Å². The number of amides is 1. The Bertz CT molecular complexity index is 1150.